The van der Waals surface area contributed by atoms with E-state index in [-0.39, 0.29) is 16.8 Å². The lowest BCUT2D eigenvalue weighted by Crippen LogP contribution is -2.01. The molecule has 1 aromatic rings. The maximum absolute atomic E-state index is 11.3. The molecule has 1 N–H and O–H groups in total. The Morgan fingerprint density at radius 3 is 2.59 bits per heavy atom. The summed E-state index contributed by atoms with van der Waals surface area (Å²) in [6, 6.07) is 6.18. The fourth-order valence-electron chi connectivity index (χ4n) is 1.94. The summed E-state index contributed by atoms with van der Waals surface area (Å²) in [6.45, 7) is 5.64. The van der Waals surface area contributed by atoms with Crippen LogP contribution >= 0.6 is 11.8 Å². The van der Waals surface area contributed by atoms with E-state index in [0.717, 1.165) is 5.56 Å². The van der Waals surface area contributed by atoms with E-state index in [0.29, 0.717) is 11.3 Å². The zero-order valence-corrected chi connectivity index (χ0v) is 11.1. The Morgan fingerprint density at radius 2 is 2.06 bits per heavy atom. The lowest BCUT2D eigenvalue weighted by atomic mass is 10.0. The smallest absolute Gasteiger partial charge is 0.160 e. The zero-order valence-electron chi connectivity index (χ0n) is 10.3. The molecule has 0 fully saturated rings. The largest absolute Gasteiger partial charge is 0.510 e. The first-order chi connectivity index (χ1) is 8.00. The summed E-state index contributed by atoms with van der Waals surface area (Å²) < 4.78 is 0. The lowest BCUT2D eigenvalue weighted by molar-refractivity contribution is -0.113. The van der Waals surface area contributed by atoms with Crippen LogP contribution in [0.3, 0.4) is 0 Å². The van der Waals surface area contributed by atoms with Crippen LogP contribution in [0.2, 0.25) is 0 Å². The van der Waals surface area contributed by atoms with Crippen molar-refractivity contribution in [3.05, 3.63) is 46.2 Å². The van der Waals surface area contributed by atoms with Gasteiger partial charge in [-0.3, -0.25) is 4.79 Å². The molecule has 90 valence electrons. The van der Waals surface area contributed by atoms with Crippen LogP contribution in [0.15, 0.2) is 29.5 Å². The second-order valence-electron chi connectivity index (χ2n) is 4.45. The van der Waals surface area contributed by atoms with Gasteiger partial charge in [0, 0.05) is 11.3 Å². The van der Waals surface area contributed by atoms with Crippen molar-refractivity contribution in [1.29, 1.82) is 0 Å². The maximum Gasteiger partial charge on any atom is 0.160 e. The van der Waals surface area contributed by atoms with Crippen molar-refractivity contribution in [2.45, 2.75) is 26.0 Å². The van der Waals surface area contributed by atoms with E-state index in [4.69, 9.17) is 0 Å². The van der Waals surface area contributed by atoms with Gasteiger partial charge >= 0.3 is 0 Å². The number of aliphatic hydroxyl groups is 1. The van der Waals surface area contributed by atoms with Gasteiger partial charge in [-0.05, 0) is 37.5 Å². The summed E-state index contributed by atoms with van der Waals surface area (Å²) in [5, 5.41) is 9.99. The minimum absolute atomic E-state index is 0.0265. The number of aryl methyl sites for hydroxylation is 2. The molecule has 2 nitrogen and oxygen atoms in total. The average molecular weight is 248 g/mol. The van der Waals surface area contributed by atoms with E-state index >= 15 is 0 Å². The minimum atomic E-state index is -0.0757. The summed E-state index contributed by atoms with van der Waals surface area (Å²) in [5.41, 5.74) is 4.10. The zero-order chi connectivity index (χ0) is 12.6. The first-order valence-corrected chi connectivity index (χ1v) is 6.67. The van der Waals surface area contributed by atoms with E-state index in [1.165, 1.54) is 18.1 Å². The Kier molecular flexibility index (Phi) is 3.29. The number of hydrogen-bond acceptors (Lipinski definition) is 3. The summed E-state index contributed by atoms with van der Waals surface area (Å²) in [4.78, 5) is 11.3. The molecule has 0 aliphatic carbocycles. The van der Waals surface area contributed by atoms with Gasteiger partial charge in [0.1, 0.15) is 5.76 Å². The summed E-state index contributed by atoms with van der Waals surface area (Å²) in [6.07, 6.45) is 0. The molecular weight excluding hydrogens is 232 g/mol. The van der Waals surface area contributed by atoms with E-state index in [1.807, 2.05) is 6.07 Å². The molecule has 0 amide bonds. The van der Waals surface area contributed by atoms with Crippen LogP contribution in [0.1, 0.15) is 28.9 Å². The number of benzene rings is 1. The number of carbonyl (C=O) groups excluding carboxylic acids is 1. The summed E-state index contributed by atoms with van der Waals surface area (Å²) in [5.74, 6) is 0.825. The van der Waals surface area contributed by atoms with Gasteiger partial charge in [-0.15, -0.1) is 11.8 Å². The molecule has 1 aromatic carbocycles. The number of carbonyl (C=O) groups is 1. The van der Waals surface area contributed by atoms with Gasteiger partial charge in [0.25, 0.3) is 0 Å². The highest BCUT2D eigenvalue weighted by Gasteiger charge is 2.29. The van der Waals surface area contributed by atoms with Gasteiger partial charge in [-0.1, -0.05) is 18.2 Å². The predicted molar refractivity (Wildman–Crippen MR) is 71.5 cm³/mol. The van der Waals surface area contributed by atoms with E-state index in [2.05, 4.69) is 26.0 Å². The summed E-state index contributed by atoms with van der Waals surface area (Å²) >= 11 is 1.61. The number of aliphatic hydroxyl groups excluding tert-OH is 1. The van der Waals surface area contributed by atoms with Crippen molar-refractivity contribution >= 4 is 17.5 Å². The van der Waals surface area contributed by atoms with Gasteiger partial charge < -0.3 is 5.11 Å². The Hall–Kier alpha value is -1.22. The molecule has 0 aromatic heterocycles. The lowest BCUT2D eigenvalue weighted by Gasteiger charge is -2.12. The van der Waals surface area contributed by atoms with E-state index in [1.54, 1.807) is 11.8 Å². The van der Waals surface area contributed by atoms with Crippen LogP contribution in [0.5, 0.6) is 0 Å². The monoisotopic (exact) mass is 248 g/mol. The van der Waals surface area contributed by atoms with Gasteiger partial charge in [-0.2, -0.15) is 0 Å². The third-order valence-corrected chi connectivity index (χ3v) is 4.49. The first-order valence-electron chi connectivity index (χ1n) is 5.62. The molecular formula is C14H16O2S. The molecule has 1 aliphatic rings. The Bertz CT molecular complexity index is 503. The molecule has 2 rings (SSSR count). The van der Waals surface area contributed by atoms with Crippen molar-refractivity contribution < 1.29 is 9.90 Å². The van der Waals surface area contributed by atoms with Crippen LogP contribution in [-0.2, 0) is 4.79 Å². The summed E-state index contributed by atoms with van der Waals surface area (Å²) in [7, 11) is 0. The molecule has 17 heavy (non-hydrogen) atoms. The topological polar surface area (TPSA) is 37.3 Å². The number of ketones is 1. The molecule has 1 heterocycles. The third-order valence-electron chi connectivity index (χ3n) is 3.21. The Balaban J connectivity index is 2.36. The highest BCUT2D eigenvalue weighted by Crippen LogP contribution is 2.43. The molecule has 0 bridgehead atoms. The first kappa shape index (κ1) is 12.2. The SMILES string of the molecule is CC(=O)C1=C(O)C(c2ccc(C)c(C)c2)SC1. The van der Waals surface area contributed by atoms with Crippen molar-refractivity contribution in [2.75, 3.05) is 5.75 Å². The van der Waals surface area contributed by atoms with Crippen LogP contribution in [0.25, 0.3) is 0 Å². The quantitative estimate of drug-likeness (QED) is 0.870. The predicted octanol–water partition coefficient (Wildman–Crippen LogP) is 3.49. The Morgan fingerprint density at radius 1 is 1.35 bits per heavy atom. The second-order valence-corrected chi connectivity index (χ2v) is 5.55. The van der Waals surface area contributed by atoms with Crippen molar-refractivity contribution in [3.63, 3.8) is 0 Å². The maximum atomic E-state index is 11.3. The van der Waals surface area contributed by atoms with Gasteiger partial charge in [-0.25, -0.2) is 0 Å². The number of thioether (sulfide) groups is 1. The van der Waals surface area contributed by atoms with Gasteiger partial charge in [0.2, 0.25) is 0 Å². The Labute approximate surface area is 106 Å². The molecule has 0 saturated carbocycles. The van der Waals surface area contributed by atoms with Crippen molar-refractivity contribution in [1.82, 2.24) is 0 Å². The molecule has 3 heteroatoms. The third kappa shape index (κ3) is 2.25. The number of hydrogen-bond donors (Lipinski definition) is 1. The fourth-order valence-corrected chi connectivity index (χ4v) is 3.27. The van der Waals surface area contributed by atoms with Crippen molar-refractivity contribution in [3.8, 4) is 0 Å². The fraction of sp³-hybridized carbons (Fsp3) is 0.357. The molecule has 0 saturated heterocycles. The molecule has 1 unspecified atom stereocenters. The van der Waals surface area contributed by atoms with Crippen LogP contribution < -0.4 is 0 Å². The normalized spacial score (nSPS) is 19.8. The molecule has 0 radical (unpaired) electrons. The van der Waals surface area contributed by atoms with Crippen molar-refractivity contribution in [2.24, 2.45) is 0 Å². The van der Waals surface area contributed by atoms with Crippen LogP contribution in [0.4, 0.5) is 0 Å². The average Bonchev–Trinajstić information content (AvgIpc) is 2.64. The van der Waals surface area contributed by atoms with E-state index in [9.17, 15) is 9.90 Å². The standard InChI is InChI=1S/C14H16O2S/c1-8-4-5-11(6-9(8)2)14-13(16)12(7-17-14)10(3)15/h4-6,14,16H,7H2,1-3H3. The van der Waals surface area contributed by atoms with Crippen LogP contribution in [-0.4, -0.2) is 16.6 Å². The molecule has 1 aliphatic heterocycles. The molecule has 1 atom stereocenters. The highest BCUT2D eigenvalue weighted by molar-refractivity contribution is 8.00. The molecule has 0 spiro atoms. The van der Waals surface area contributed by atoms with Crippen LogP contribution in [0, 0.1) is 13.8 Å². The second kappa shape index (κ2) is 4.57. The van der Waals surface area contributed by atoms with E-state index < -0.39 is 0 Å². The highest BCUT2D eigenvalue weighted by atomic mass is 32.2. The number of rotatable bonds is 2. The van der Waals surface area contributed by atoms with Gasteiger partial charge in [0.05, 0.1) is 5.25 Å². The number of Topliss-reactive ketones (excluding diaryl/α,β-unsaturated/α-hetero) is 1. The van der Waals surface area contributed by atoms with Gasteiger partial charge in [0.15, 0.2) is 5.78 Å². The minimum Gasteiger partial charge on any atom is -0.510 e.